The van der Waals surface area contributed by atoms with Gasteiger partial charge < -0.3 is 9.47 Å². The summed E-state index contributed by atoms with van der Waals surface area (Å²) in [6, 6.07) is 25.1. The number of rotatable bonds is 5. The zero-order valence-electron chi connectivity index (χ0n) is 17.4. The minimum atomic E-state index is -0.0658. The molecule has 1 amide bonds. The summed E-state index contributed by atoms with van der Waals surface area (Å²) in [5, 5.41) is 0. The maximum Gasteiger partial charge on any atom is 0.227 e. The Hall–Kier alpha value is -3.73. The number of Topliss-reactive ketones (excluding diaryl/α,β-unsaturated/α-hetero) is 1. The predicted octanol–water partition coefficient (Wildman–Crippen LogP) is 4.75. The summed E-state index contributed by atoms with van der Waals surface area (Å²) < 4.78 is 1.99. The van der Waals surface area contributed by atoms with Crippen molar-refractivity contribution in [2.45, 2.75) is 25.8 Å². The van der Waals surface area contributed by atoms with Crippen molar-refractivity contribution in [3.63, 3.8) is 0 Å². The number of imidazole rings is 1. The first-order chi connectivity index (χ1) is 15.1. The lowest BCUT2D eigenvalue weighted by Crippen LogP contribution is -2.24. The molecule has 0 aliphatic carbocycles. The third kappa shape index (κ3) is 3.63. The van der Waals surface area contributed by atoms with E-state index in [2.05, 4.69) is 0 Å². The van der Waals surface area contributed by atoms with Crippen molar-refractivity contribution in [3.8, 4) is 0 Å². The van der Waals surface area contributed by atoms with Crippen LogP contribution in [0.3, 0.4) is 0 Å². The smallest absolute Gasteiger partial charge is 0.227 e. The first kappa shape index (κ1) is 19.2. The van der Waals surface area contributed by atoms with Crippen molar-refractivity contribution < 1.29 is 9.59 Å². The molecule has 5 nitrogen and oxygen atoms in total. The summed E-state index contributed by atoms with van der Waals surface area (Å²) in [4.78, 5) is 32.5. The molecule has 0 spiro atoms. The number of carbonyl (C=O) groups excluding carboxylic acids is 2. The molecule has 0 saturated carbocycles. The van der Waals surface area contributed by atoms with Crippen molar-refractivity contribution in [2.75, 3.05) is 11.4 Å². The summed E-state index contributed by atoms with van der Waals surface area (Å²) in [6.45, 7) is 2.79. The highest BCUT2D eigenvalue weighted by Crippen LogP contribution is 2.33. The average Bonchev–Trinajstić information content (AvgIpc) is 3.35. The Balaban J connectivity index is 1.51. The van der Waals surface area contributed by atoms with Gasteiger partial charge in [0, 0.05) is 30.1 Å². The number of aryl methyl sites for hydroxylation is 1. The van der Waals surface area contributed by atoms with Crippen molar-refractivity contribution in [3.05, 3.63) is 95.8 Å². The second kappa shape index (κ2) is 7.84. The number of ketones is 1. The van der Waals surface area contributed by atoms with Crippen molar-refractivity contribution in [1.82, 2.24) is 9.55 Å². The highest BCUT2D eigenvalue weighted by atomic mass is 16.2. The number of para-hydroxylation sites is 2. The van der Waals surface area contributed by atoms with Crippen LogP contribution in [0.15, 0.2) is 78.9 Å². The van der Waals surface area contributed by atoms with Crippen molar-refractivity contribution >= 4 is 28.4 Å². The van der Waals surface area contributed by atoms with E-state index in [0.29, 0.717) is 18.5 Å². The second-order valence-electron chi connectivity index (χ2n) is 8.08. The monoisotopic (exact) mass is 409 g/mol. The predicted molar refractivity (Wildman–Crippen MR) is 121 cm³/mol. The molecular formula is C26H23N3O2. The van der Waals surface area contributed by atoms with E-state index in [0.717, 1.165) is 28.1 Å². The molecule has 1 aliphatic heterocycles. The number of hydrogen-bond acceptors (Lipinski definition) is 3. The second-order valence-corrected chi connectivity index (χ2v) is 8.08. The van der Waals surface area contributed by atoms with Gasteiger partial charge in [-0.3, -0.25) is 9.59 Å². The summed E-state index contributed by atoms with van der Waals surface area (Å²) in [5.41, 5.74) is 4.48. The van der Waals surface area contributed by atoms with Gasteiger partial charge in [0.1, 0.15) is 5.82 Å². The fourth-order valence-electron chi connectivity index (χ4n) is 4.36. The van der Waals surface area contributed by atoms with Crippen LogP contribution in [0.2, 0.25) is 0 Å². The Morgan fingerprint density at radius 3 is 2.58 bits per heavy atom. The number of nitrogens with zero attached hydrogens (tertiary/aromatic N) is 3. The number of fused-ring (bicyclic) bond motifs is 1. The van der Waals surface area contributed by atoms with Gasteiger partial charge in [0.15, 0.2) is 5.78 Å². The topological polar surface area (TPSA) is 55.2 Å². The fourth-order valence-corrected chi connectivity index (χ4v) is 4.36. The van der Waals surface area contributed by atoms with Crippen LogP contribution in [-0.4, -0.2) is 27.8 Å². The van der Waals surface area contributed by atoms with Crippen LogP contribution >= 0.6 is 0 Å². The molecule has 154 valence electrons. The van der Waals surface area contributed by atoms with Gasteiger partial charge in [0.05, 0.1) is 17.6 Å². The molecule has 1 aliphatic rings. The van der Waals surface area contributed by atoms with Gasteiger partial charge in [0.25, 0.3) is 0 Å². The number of amides is 1. The fraction of sp³-hybridized carbons (Fsp3) is 0.192. The summed E-state index contributed by atoms with van der Waals surface area (Å²) in [7, 11) is 0. The van der Waals surface area contributed by atoms with E-state index < -0.39 is 0 Å². The van der Waals surface area contributed by atoms with Crippen molar-refractivity contribution in [1.29, 1.82) is 0 Å². The molecule has 0 N–H and O–H groups in total. The average molecular weight is 409 g/mol. The minimum absolute atomic E-state index is 0.0323. The standard InChI is InChI=1S/C26H23N3O2/c1-18-8-7-11-21(14-18)28-16-20(15-25(28)31)26-27-22-12-5-6-13-23(22)29(26)17-24(30)19-9-3-2-4-10-19/h2-14,20H,15-17H2,1H3. The van der Waals surface area contributed by atoms with Crippen LogP contribution in [0.25, 0.3) is 11.0 Å². The zero-order chi connectivity index (χ0) is 21.4. The van der Waals surface area contributed by atoms with Crippen LogP contribution in [0.5, 0.6) is 0 Å². The third-order valence-corrected chi connectivity index (χ3v) is 5.89. The van der Waals surface area contributed by atoms with Gasteiger partial charge in [-0.15, -0.1) is 0 Å². The number of anilines is 1. The van der Waals surface area contributed by atoms with Crippen LogP contribution in [0.1, 0.15) is 34.1 Å². The quantitative estimate of drug-likeness (QED) is 0.447. The number of benzene rings is 3. The lowest BCUT2D eigenvalue weighted by molar-refractivity contribution is -0.117. The van der Waals surface area contributed by atoms with E-state index in [1.807, 2.05) is 95.3 Å². The molecule has 3 aromatic carbocycles. The van der Waals surface area contributed by atoms with Gasteiger partial charge in [-0.05, 0) is 36.8 Å². The molecule has 1 aromatic heterocycles. The summed E-state index contributed by atoms with van der Waals surface area (Å²) in [6.07, 6.45) is 0.386. The van der Waals surface area contributed by atoms with Crippen LogP contribution < -0.4 is 4.90 Å². The lowest BCUT2D eigenvalue weighted by atomic mass is 10.1. The van der Waals surface area contributed by atoms with Gasteiger partial charge >= 0.3 is 0 Å². The molecule has 5 rings (SSSR count). The normalized spacial score (nSPS) is 16.2. The Morgan fingerprint density at radius 1 is 1.00 bits per heavy atom. The van der Waals surface area contributed by atoms with E-state index >= 15 is 0 Å². The SMILES string of the molecule is Cc1cccc(N2CC(c3nc4ccccc4n3CC(=O)c3ccccc3)CC2=O)c1. The summed E-state index contributed by atoms with van der Waals surface area (Å²) >= 11 is 0. The highest BCUT2D eigenvalue weighted by Gasteiger charge is 2.35. The summed E-state index contributed by atoms with van der Waals surface area (Å²) in [5.74, 6) is 0.853. The molecule has 0 bridgehead atoms. The Bertz CT molecular complexity index is 1280. The minimum Gasteiger partial charge on any atom is -0.320 e. The lowest BCUT2D eigenvalue weighted by Gasteiger charge is -2.18. The first-order valence-corrected chi connectivity index (χ1v) is 10.5. The van der Waals surface area contributed by atoms with Crippen molar-refractivity contribution in [2.24, 2.45) is 0 Å². The van der Waals surface area contributed by atoms with Gasteiger partial charge in [-0.1, -0.05) is 54.6 Å². The van der Waals surface area contributed by atoms with E-state index in [4.69, 9.17) is 4.98 Å². The molecule has 5 heteroatoms. The number of carbonyl (C=O) groups is 2. The van der Waals surface area contributed by atoms with Crippen LogP contribution in [0.4, 0.5) is 5.69 Å². The maximum atomic E-state index is 13.0. The van der Waals surface area contributed by atoms with E-state index in [9.17, 15) is 9.59 Å². The largest absolute Gasteiger partial charge is 0.320 e. The Kier molecular flexibility index (Phi) is 4.86. The maximum absolute atomic E-state index is 13.0. The first-order valence-electron chi connectivity index (χ1n) is 10.5. The Labute approximate surface area is 180 Å². The number of hydrogen-bond donors (Lipinski definition) is 0. The molecule has 1 fully saturated rings. The van der Waals surface area contributed by atoms with Crippen LogP contribution in [-0.2, 0) is 11.3 Å². The van der Waals surface area contributed by atoms with Gasteiger partial charge in [0.2, 0.25) is 5.91 Å². The van der Waals surface area contributed by atoms with E-state index in [1.165, 1.54) is 0 Å². The molecule has 2 heterocycles. The number of aromatic nitrogens is 2. The molecule has 1 atom stereocenters. The molecular weight excluding hydrogens is 386 g/mol. The zero-order valence-corrected chi connectivity index (χ0v) is 17.4. The molecule has 1 saturated heterocycles. The van der Waals surface area contributed by atoms with Gasteiger partial charge in [-0.2, -0.15) is 0 Å². The third-order valence-electron chi connectivity index (χ3n) is 5.89. The van der Waals surface area contributed by atoms with E-state index in [-0.39, 0.29) is 24.2 Å². The van der Waals surface area contributed by atoms with Gasteiger partial charge in [-0.25, -0.2) is 4.98 Å². The van der Waals surface area contributed by atoms with E-state index in [1.54, 1.807) is 0 Å². The molecule has 31 heavy (non-hydrogen) atoms. The molecule has 4 aromatic rings. The van der Waals surface area contributed by atoms with Crippen LogP contribution in [0, 0.1) is 6.92 Å². The molecule has 0 radical (unpaired) electrons. The highest BCUT2D eigenvalue weighted by molar-refractivity contribution is 5.98. The molecule has 1 unspecified atom stereocenters. The Morgan fingerprint density at radius 2 is 1.77 bits per heavy atom.